The summed E-state index contributed by atoms with van der Waals surface area (Å²) in [5.41, 5.74) is 0. The highest BCUT2D eigenvalue weighted by Gasteiger charge is 2.15. The lowest BCUT2D eigenvalue weighted by atomic mass is 10.2. The van der Waals surface area contributed by atoms with Crippen LogP contribution >= 0.6 is 0 Å². The second-order valence-corrected chi connectivity index (χ2v) is 3.20. The Labute approximate surface area is 83.4 Å². The van der Waals surface area contributed by atoms with Gasteiger partial charge in [0.1, 0.15) is 0 Å². The SMILES string of the molecule is N#CCCNC(=O)CNC1CCOC1. The maximum atomic E-state index is 11.2. The number of amides is 1. The molecule has 14 heavy (non-hydrogen) atoms. The highest BCUT2D eigenvalue weighted by atomic mass is 16.5. The van der Waals surface area contributed by atoms with Gasteiger partial charge in [-0.2, -0.15) is 5.26 Å². The molecule has 78 valence electrons. The van der Waals surface area contributed by atoms with E-state index in [9.17, 15) is 4.79 Å². The highest BCUT2D eigenvalue weighted by Crippen LogP contribution is 2.01. The molecule has 0 aromatic rings. The van der Waals surface area contributed by atoms with Gasteiger partial charge in [-0.05, 0) is 6.42 Å². The minimum Gasteiger partial charge on any atom is -0.380 e. The number of rotatable bonds is 5. The van der Waals surface area contributed by atoms with Gasteiger partial charge >= 0.3 is 0 Å². The second-order valence-electron chi connectivity index (χ2n) is 3.20. The van der Waals surface area contributed by atoms with E-state index in [1.807, 2.05) is 6.07 Å². The number of carbonyl (C=O) groups excluding carboxylic acids is 1. The number of ether oxygens (including phenoxy) is 1. The van der Waals surface area contributed by atoms with Crippen LogP contribution in [0.2, 0.25) is 0 Å². The van der Waals surface area contributed by atoms with Crippen molar-refractivity contribution in [2.75, 3.05) is 26.3 Å². The van der Waals surface area contributed by atoms with Crippen LogP contribution in [0.25, 0.3) is 0 Å². The van der Waals surface area contributed by atoms with Crippen LogP contribution in [-0.2, 0) is 9.53 Å². The Kier molecular flexibility index (Phi) is 4.97. The Balaban J connectivity index is 2.00. The van der Waals surface area contributed by atoms with E-state index in [1.165, 1.54) is 0 Å². The van der Waals surface area contributed by atoms with E-state index in [0.29, 0.717) is 32.2 Å². The largest absolute Gasteiger partial charge is 0.380 e. The summed E-state index contributed by atoms with van der Waals surface area (Å²) < 4.78 is 5.15. The lowest BCUT2D eigenvalue weighted by Crippen LogP contribution is -2.39. The molecule has 1 aliphatic heterocycles. The van der Waals surface area contributed by atoms with E-state index in [1.54, 1.807) is 0 Å². The number of nitrogens with zero attached hydrogens (tertiary/aromatic N) is 1. The maximum absolute atomic E-state index is 11.2. The van der Waals surface area contributed by atoms with Crippen molar-refractivity contribution in [2.24, 2.45) is 0 Å². The van der Waals surface area contributed by atoms with Crippen molar-refractivity contribution in [3.8, 4) is 6.07 Å². The van der Waals surface area contributed by atoms with E-state index in [-0.39, 0.29) is 5.91 Å². The summed E-state index contributed by atoms with van der Waals surface area (Å²) in [6.45, 7) is 2.19. The van der Waals surface area contributed by atoms with Crippen molar-refractivity contribution in [1.29, 1.82) is 5.26 Å². The van der Waals surface area contributed by atoms with E-state index in [2.05, 4.69) is 10.6 Å². The Morgan fingerprint density at radius 2 is 2.50 bits per heavy atom. The number of hydrogen-bond acceptors (Lipinski definition) is 4. The summed E-state index contributed by atoms with van der Waals surface area (Å²) >= 11 is 0. The van der Waals surface area contributed by atoms with Crippen LogP contribution in [-0.4, -0.2) is 38.3 Å². The van der Waals surface area contributed by atoms with Crippen molar-refractivity contribution in [2.45, 2.75) is 18.9 Å². The third-order valence-corrected chi connectivity index (χ3v) is 2.04. The van der Waals surface area contributed by atoms with E-state index in [0.717, 1.165) is 13.0 Å². The average molecular weight is 197 g/mol. The zero-order valence-electron chi connectivity index (χ0n) is 8.08. The van der Waals surface area contributed by atoms with Crippen molar-refractivity contribution in [3.05, 3.63) is 0 Å². The summed E-state index contributed by atoms with van der Waals surface area (Å²) in [5.74, 6) is -0.0628. The van der Waals surface area contributed by atoms with Crippen molar-refractivity contribution in [3.63, 3.8) is 0 Å². The smallest absolute Gasteiger partial charge is 0.234 e. The molecule has 0 bridgehead atoms. The van der Waals surface area contributed by atoms with Gasteiger partial charge in [0.25, 0.3) is 0 Å². The molecule has 0 spiro atoms. The van der Waals surface area contributed by atoms with Gasteiger partial charge in [0.2, 0.25) is 5.91 Å². The minimum absolute atomic E-state index is 0.0628. The van der Waals surface area contributed by atoms with Gasteiger partial charge in [-0.15, -0.1) is 0 Å². The summed E-state index contributed by atoms with van der Waals surface area (Å²) in [4.78, 5) is 11.2. The van der Waals surface area contributed by atoms with E-state index >= 15 is 0 Å². The molecule has 0 saturated carbocycles. The predicted molar refractivity (Wildman–Crippen MR) is 50.5 cm³/mol. The van der Waals surface area contributed by atoms with Gasteiger partial charge in [-0.25, -0.2) is 0 Å². The molecule has 0 aliphatic carbocycles. The van der Waals surface area contributed by atoms with Crippen LogP contribution in [0.1, 0.15) is 12.8 Å². The predicted octanol–water partition coefficient (Wildman–Crippen LogP) is -0.605. The molecule has 5 heteroatoms. The highest BCUT2D eigenvalue weighted by molar-refractivity contribution is 5.77. The number of carbonyl (C=O) groups is 1. The number of nitriles is 1. The average Bonchev–Trinajstić information content (AvgIpc) is 2.68. The molecule has 5 nitrogen and oxygen atoms in total. The molecule has 1 fully saturated rings. The van der Waals surface area contributed by atoms with E-state index < -0.39 is 0 Å². The molecule has 1 atom stereocenters. The lowest BCUT2D eigenvalue weighted by molar-refractivity contribution is -0.120. The van der Waals surface area contributed by atoms with Gasteiger partial charge in [-0.3, -0.25) is 4.79 Å². The topological polar surface area (TPSA) is 74.2 Å². The standard InChI is InChI=1S/C9H15N3O2/c10-3-1-4-11-9(13)6-12-8-2-5-14-7-8/h8,12H,1-2,4-7H2,(H,11,13). The first kappa shape index (κ1) is 11.0. The molecule has 1 unspecified atom stereocenters. The molecule has 1 aliphatic rings. The number of nitrogens with one attached hydrogen (secondary N) is 2. The minimum atomic E-state index is -0.0628. The first-order valence-electron chi connectivity index (χ1n) is 4.77. The molecule has 0 aromatic carbocycles. The molecule has 2 N–H and O–H groups in total. The molecule has 1 rings (SSSR count). The van der Waals surface area contributed by atoms with Gasteiger partial charge in [-0.1, -0.05) is 0 Å². The van der Waals surface area contributed by atoms with Gasteiger partial charge < -0.3 is 15.4 Å². The molecule has 1 heterocycles. The first-order valence-corrected chi connectivity index (χ1v) is 4.77. The zero-order chi connectivity index (χ0) is 10.2. The normalized spacial score (nSPS) is 20.4. The Morgan fingerprint density at radius 1 is 1.64 bits per heavy atom. The fourth-order valence-corrected chi connectivity index (χ4v) is 1.25. The van der Waals surface area contributed by atoms with Gasteiger partial charge in [0.05, 0.1) is 25.6 Å². The third kappa shape index (κ3) is 4.21. The molecule has 1 saturated heterocycles. The molecular formula is C9H15N3O2. The monoisotopic (exact) mass is 197 g/mol. The maximum Gasteiger partial charge on any atom is 0.234 e. The van der Waals surface area contributed by atoms with Crippen molar-refractivity contribution < 1.29 is 9.53 Å². The number of hydrogen-bond donors (Lipinski definition) is 2. The fraction of sp³-hybridized carbons (Fsp3) is 0.778. The first-order chi connectivity index (χ1) is 6.83. The Hall–Kier alpha value is -1.12. The molecule has 0 aromatic heterocycles. The van der Waals surface area contributed by atoms with Crippen LogP contribution in [0.5, 0.6) is 0 Å². The van der Waals surface area contributed by atoms with E-state index in [4.69, 9.17) is 10.00 Å². The van der Waals surface area contributed by atoms with Crippen LogP contribution in [0.15, 0.2) is 0 Å². The van der Waals surface area contributed by atoms with Crippen LogP contribution in [0, 0.1) is 11.3 Å². The summed E-state index contributed by atoms with van der Waals surface area (Å²) in [6.07, 6.45) is 1.32. The van der Waals surface area contributed by atoms with Crippen LogP contribution in [0.3, 0.4) is 0 Å². The van der Waals surface area contributed by atoms with Crippen molar-refractivity contribution >= 4 is 5.91 Å². The van der Waals surface area contributed by atoms with Crippen LogP contribution < -0.4 is 10.6 Å². The lowest BCUT2D eigenvalue weighted by Gasteiger charge is -2.09. The summed E-state index contributed by atoms with van der Waals surface area (Å²) in [6, 6.07) is 2.27. The Bertz CT molecular complexity index is 219. The summed E-state index contributed by atoms with van der Waals surface area (Å²) in [7, 11) is 0. The molecule has 1 amide bonds. The second kappa shape index (κ2) is 6.35. The molecular weight excluding hydrogens is 182 g/mol. The van der Waals surface area contributed by atoms with Gasteiger partial charge in [0.15, 0.2) is 0 Å². The van der Waals surface area contributed by atoms with Gasteiger partial charge in [0, 0.05) is 19.2 Å². The zero-order valence-corrected chi connectivity index (χ0v) is 8.08. The molecule has 0 radical (unpaired) electrons. The quantitative estimate of drug-likeness (QED) is 0.577. The fourth-order valence-electron chi connectivity index (χ4n) is 1.25. The summed E-state index contributed by atoms with van der Waals surface area (Å²) in [5, 5.41) is 14.0. The van der Waals surface area contributed by atoms with Crippen LogP contribution in [0.4, 0.5) is 0 Å². The Morgan fingerprint density at radius 3 is 3.14 bits per heavy atom. The van der Waals surface area contributed by atoms with Crippen molar-refractivity contribution in [1.82, 2.24) is 10.6 Å². The third-order valence-electron chi connectivity index (χ3n) is 2.04.